The lowest BCUT2D eigenvalue weighted by atomic mass is 10.2. The van der Waals surface area contributed by atoms with Gasteiger partial charge in [-0.1, -0.05) is 32.0 Å². The van der Waals surface area contributed by atoms with Crippen LogP contribution in [0.5, 0.6) is 0 Å². The Morgan fingerprint density at radius 3 is 2.61 bits per heavy atom. The van der Waals surface area contributed by atoms with Crippen molar-refractivity contribution in [1.29, 1.82) is 0 Å². The Kier molecular flexibility index (Phi) is 6.08. The van der Waals surface area contributed by atoms with Crippen molar-refractivity contribution in [2.75, 3.05) is 18.4 Å². The van der Waals surface area contributed by atoms with Gasteiger partial charge in [0.25, 0.3) is 5.91 Å². The summed E-state index contributed by atoms with van der Waals surface area (Å²) >= 11 is 0. The van der Waals surface area contributed by atoms with Gasteiger partial charge in [-0.2, -0.15) is 5.10 Å². The molecule has 1 aliphatic heterocycles. The zero-order chi connectivity index (χ0) is 20.1. The summed E-state index contributed by atoms with van der Waals surface area (Å²) in [5.41, 5.74) is 1.72. The lowest BCUT2D eigenvalue weighted by Crippen LogP contribution is -2.43. The Morgan fingerprint density at radius 2 is 1.89 bits per heavy atom. The van der Waals surface area contributed by atoms with E-state index in [0.29, 0.717) is 31.7 Å². The average molecular weight is 383 g/mol. The van der Waals surface area contributed by atoms with Gasteiger partial charge in [0.15, 0.2) is 5.69 Å². The van der Waals surface area contributed by atoms with Gasteiger partial charge in [-0.25, -0.2) is 0 Å². The van der Waals surface area contributed by atoms with Crippen LogP contribution in [0, 0.1) is 5.92 Å². The molecule has 2 heterocycles. The van der Waals surface area contributed by atoms with Gasteiger partial charge >= 0.3 is 11.8 Å². The molecule has 28 heavy (non-hydrogen) atoms. The van der Waals surface area contributed by atoms with E-state index in [-0.39, 0.29) is 24.1 Å². The predicted molar refractivity (Wildman–Crippen MR) is 105 cm³/mol. The van der Waals surface area contributed by atoms with Gasteiger partial charge < -0.3 is 15.5 Å². The number of aromatic nitrogens is 2. The van der Waals surface area contributed by atoms with Crippen molar-refractivity contribution in [1.82, 2.24) is 20.0 Å². The molecule has 0 atom stereocenters. The smallest absolute Gasteiger partial charge is 0.312 e. The molecule has 0 saturated carbocycles. The second kappa shape index (κ2) is 8.69. The minimum absolute atomic E-state index is 0.250. The number of carbonyl (C=O) groups excluding carboxylic acids is 3. The Morgan fingerprint density at radius 1 is 1.14 bits per heavy atom. The number of nitrogens with one attached hydrogen (secondary N) is 2. The van der Waals surface area contributed by atoms with Gasteiger partial charge in [-0.3, -0.25) is 19.1 Å². The third-order valence-electron chi connectivity index (χ3n) is 4.43. The van der Waals surface area contributed by atoms with Crippen molar-refractivity contribution < 1.29 is 14.4 Å². The van der Waals surface area contributed by atoms with Gasteiger partial charge in [0.2, 0.25) is 0 Å². The SMILES string of the molecule is CC(C)CNC(=O)C(=O)N1CCCn2nc(C(=O)Nc3ccccc3)cc2C1. The first-order chi connectivity index (χ1) is 13.4. The van der Waals surface area contributed by atoms with Crippen LogP contribution in [-0.2, 0) is 22.7 Å². The molecule has 8 heteroatoms. The maximum atomic E-state index is 12.5. The molecule has 2 N–H and O–H groups in total. The van der Waals surface area contributed by atoms with Crippen LogP contribution in [0.25, 0.3) is 0 Å². The molecule has 0 aliphatic carbocycles. The van der Waals surface area contributed by atoms with Gasteiger partial charge in [0.05, 0.1) is 12.2 Å². The molecule has 3 rings (SSSR count). The van der Waals surface area contributed by atoms with Crippen LogP contribution in [0.2, 0.25) is 0 Å². The highest BCUT2D eigenvalue weighted by atomic mass is 16.2. The van der Waals surface area contributed by atoms with E-state index in [9.17, 15) is 14.4 Å². The number of benzene rings is 1. The molecule has 0 spiro atoms. The molecule has 0 radical (unpaired) electrons. The minimum atomic E-state index is -0.594. The van der Waals surface area contributed by atoms with Crippen molar-refractivity contribution in [3.63, 3.8) is 0 Å². The van der Waals surface area contributed by atoms with E-state index in [0.717, 1.165) is 5.69 Å². The maximum absolute atomic E-state index is 12.5. The lowest BCUT2D eigenvalue weighted by molar-refractivity contribution is -0.146. The van der Waals surface area contributed by atoms with E-state index in [4.69, 9.17) is 0 Å². The second-order valence-electron chi connectivity index (χ2n) is 7.25. The monoisotopic (exact) mass is 383 g/mol. The molecule has 1 aromatic carbocycles. The largest absolute Gasteiger partial charge is 0.348 e. The Labute approximate surface area is 163 Å². The summed E-state index contributed by atoms with van der Waals surface area (Å²) in [7, 11) is 0. The fourth-order valence-electron chi connectivity index (χ4n) is 2.98. The number of anilines is 1. The molecule has 0 unspecified atom stereocenters. The highest BCUT2D eigenvalue weighted by Crippen LogP contribution is 2.15. The Hall–Kier alpha value is -3.16. The number of amides is 3. The number of hydrogen-bond donors (Lipinski definition) is 2. The topological polar surface area (TPSA) is 96.3 Å². The number of aryl methyl sites for hydroxylation is 1. The van der Waals surface area contributed by atoms with Crippen molar-refractivity contribution in [3.8, 4) is 0 Å². The molecule has 8 nitrogen and oxygen atoms in total. The van der Waals surface area contributed by atoms with Gasteiger partial charge in [-0.15, -0.1) is 0 Å². The zero-order valence-electron chi connectivity index (χ0n) is 16.1. The van der Waals surface area contributed by atoms with Crippen LogP contribution >= 0.6 is 0 Å². The van der Waals surface area contributed by atoms with Crippen LogP contribution in [0.4, 0.5) is 5.69 Å². The second-order valence-corrected chi connectivity index (χ2v) is 7.25. The van der Waals surface area contributed by atoms with Gasteiger partial charge in [-0.05, 0) is 30.5 Å². The number of fused-ring (bicyclic) bond motifs is 1. The summed E-state index contributed by atoms with van der Waals surface area (Å²) in [4.78, 5) is 38.5. The molecule has 0 fully saturated rings. The van der Waals surface area contributed by atoms with Crippen LogP contribution in [0.15, 0.2) is 36.4 Å². The molecule has 0 bridgehead atoms. The van der Waals surface area contributed by atoms with Crippen LogP contribution in [0.3, 0.4) is 0 Å². The predicted octanol–water partition coefficient (Wildman–Crippen LogP) is 1.64. The summed E-state index contributed by atoms with van der Waals surface area (Å²) in [5, 5.41) is 9.83. The molecule has 1 aromatic heterocycles. The number of hydrogen-bond acceptors (Lipinski definition) is 4. The molecule has 0 saturated heterocycles. The Balaban J connectivity index is 1.68. The van der Waals surface area contributed by atoms with Crippen LogP contribution < -0.4 is 10.6 Å². The van der Waals surface area contributed by atoms with E-state index >= 15 is 0 Å². The third-order valence-corrected chi connectivity index (χ3v) is 4.43. The lowest BCUT2D eigenvalue weighted by Gasteiger charge is -2.19. The summed E-state index contributed by atoms with van der Waals surface area (Å²) in [6.07, 6.45) is 0.664. The highest BCUT2D eigenvalue weighted by molar-refractivity contribution is 6.34. The molecule has 1 aliphatic rings. The summed E-state index contributed by atoms with van der Waals surface area (Å²) in [6.45, 7) is 5.71. The quantitative estimate of drug-likeness (QED) is 0.785. The summed E-state index contributed by atoms with van der Waals surface area (Å²) in [5.74, 6) is -1.18. The van der Waals surface area contributed by atoms with Crippen LogP contribution in [-0.4, -0.2) is 45.5 Å². The molecular formula is C20H25N5O3. The van der Waals surface area contributed by atoms with Crippen LogP contribution in [0.1, 0.15) is 36.5 Å². The standard InChI is InChI=1S/C20H25N5O3/c1-14(2)12-21-19(27)20(28)24-9-6-10-25-16(13-24)11-17(23-25)18(26)22-15-7-4-3-5-8-15/h3-5,7-8,11,14H,6,9-10,12-13H2,1-2H3,(H,21,27)(H,22,26). The number of para-hydroxylation sites is 1. The number of carbonyl (C=O) groups is 3. The molecule has 2 aromatic rings. The first-order valence-corrected chi connectivity index (χ1v) is 9.44. The average Bonchev–Trinajstić information content (AvgIpc) is 2.98. The van der Waals surface area contributed by atoms with Crippen molar-refractivity contribution in [2.24, 2.45) is 5.92 Å². The van der Waals surface area contributed by atoms with Gasteiger partial charge in [0, 0.05) is 25.3 Å². The highest BCUT2D eigenvalue weighted by Gasteiger charge is 2.26. The van der Waals surface area contributed by atoms with Crippen molar-refractivity contribution in [3.05, 3.63) is 47.8 Å². The molecule has 3 amide bonds. The van der Waals surface area contributed by atoms with E-state index in [1.165, 1.54) is 4.90 Å². The number of nitrogens with zero attached hydrogens (tertiary/aromatic N) is 3. The molecular weight excluding hydrogens is 358 g/mol. The first-order valence-electron chi connectivity index (χ1n) is 9.44. The maximum Gasteiger partial charge on any atom is 0.312 e. The van der Waals surface area contributed by atoms with Gasteiger partial charge in [0.1, 0.15) is 0 Å². The first kappa shape index (κ1) is 19.6. The Bertz CT molecular complexity index is 860. The summed E-state index contributed by atoms with van der Waals surface area (Å²) in [6, 6.07) is 10.8. The fraction of sp³-hybridized carbons (Fsp3) is 0.400. The van der Waals surface area contributed by atoms with E-state index in [1.807, 2.05) is 32.0 Å². The third kappa shape index (κ3) is 4.76. The van der Waals surface area contributed by atoms with E-state index < -0.39 is 11.8 Å². The van der Waals surface area contributed by atoms with Crippen molar-refractivity contribution in [2.45, 2.75) is 33.4 Å². The molecule has 148 valence electrons. The summed E-state index contributed by atoms with van der Waals surface area (Å²) < 4.78 is 1.74. The normalized spacial score (nSPS) is 13.6. The number of rotatable bonds is 4. The van der Waals surface area contributed by atoms with Crippen molar-refractivity contribution >= 4 is 23.4 Å². The zero-order valence-corrected chi connectivity index (χ0v) is 16.1. The minimum Gasteiger partial charge on any atom is -0.348 e. The van der Waals surface area contributed by atoms with E-state index in [2.05, 4.69) is 15.7 Å². The van der Waals surface area contributed by atoms with E-state index in [1.54, 1.807) is 22.9 Å². The fourth-order valence-corrected chi connectivity index (χ4v) is 2.98.